The highest BCUT2D eigenvalue weighted by atomic mass is 79.9. The zero-order chi connectivity index (χ0) is 13.1. The summed E-state index contributed by atoms with van der Waals surface area (Å²) in [5, 5.41) is 0. The molecule has 2 rings (SSSR count). The summed E-state index contributed by atoms with van der Waals surface area (Å²) in [4.78, 5) is 18.7. The molecule has 2 N–H and O–H groups in total. The first-order valence-electron chi connectivity index (χ1n) is 5.82. The van der Waals surface area contributed by atoms with E-state index in [1.807, 2.05) is 0 Å². The molecule has 1 amide bonds. The van der Waals surface area contributed by atoms with Crippen molar-refractivity contribution in [3.05, 3.63) is 28.5 Å². The molecule has 6 heteroatoms. The smallest absolute Gasteiger partial charge is 0.274 e. The molecule has 0 aliphatic carbocycles. The molecule has 1 aromatic heterocycles. The predicted octanol–water partition coefficient (Wildman–Crippen LogP) is 2.12. The third-order valence-electron chi connectivity index (χ3n) is 3.05. The Labute approximate surface area is 120 Å². The number of thiocarbonyl (C=S) groups is 1. The molecule has 2 heterocycles. The van der Waals surface area contributed by atoms with Gasteiger partial charge in [0.1, 0.15) is 5.69 Å². The number of rotatable bonds is 2. The van der Waals surface area contributed by atoms with Gasteiger partial charge in [-0.15, -0.1) is 0 Å². The molecule has 18 heavy (non-hydrogen) atoms. The fraction of sp³-hybridized carbons (Fsp3) is 0.417. The van der Waals surface area contributed by atoms with Gasteiger partial charge in [-0.3, -0.25) is 4.79 Å². The lowest BCUT2D eigenvalue weighted by molar-refractivity contribution is 0.0674. The van der Waals surface area contributed by atoms with Crippen LogP contribution < -0.4 is 5.73 Å². The minimum Gasteiger partial charge on any atom is -0.392 e. The number of aromatic nitrogens is 1. The van der Waals surface area contributed by atoms with Crippen LogP contribution in [0.4, 0.5) is 0 Å². The molecule has 1 unspecified atom stereocenters. The van der Waals surface area contributed by atoms with E-state index in [0.29, 0.717) is 21.7 Å². The van der Waals surface area contributed by atoms with E-state index >= 15 is 0 Å². The molecule has 0 saturated carbocycles. The van der Waals surface area contributed by atoms with Gasteiger partial charge < -0.3 is 10.6 Å². The minimum atomic E-state index is -0.143. The molecule has 1 saturated heterocycles. The van der Waals surface area contributed by atoms with Crippen molar-refractivity contribution in [1.29, 1.82) is 0 Å². The number of halogens is 1. The Kier molecular flexibility index (Phi) is 4.29. The second-order valence-corrected chi connectivity index (χ2v) is 5.57. The molecule has 0 aromatic carbocycles. The predicted molar refractivity (Wildman–Crippen MR) is 77.4 cm³/mol. The maximum absolute atomic E-state index is 12.5. The zero-order valence-electron chi connectivity index (χ0n) is 9.80. The standard InChI is InChI=1S/C12H14BrN3OS/c13-8-4-3-6-15-10(8)12(17)16-7-2-1-5-9(16)11(14)18/h3-4,6,9H,1-2,5,7H2,(H2,14,18). The first kappa shape index (κ1) is 13.4. The van der Waals surface area contributed by atoms with Gasteiger partial charge in [0, 0.05) is 17.2 Å². The highest BCUT2D eigenvalue weighted by molar-refractivity contribution is 9.10. The molecule has 1 aliphatic heterocycles. The molecule has 0 bridgehead atoms. The van der Waals surface area contributed by atoms with Crippen LogP contribution >= 0.6 is 28.1 Å². The quantitative estimate of drug-likeness (QED) is 0.845. The lowest BCUT2D eigenvalue weighted by Gasteiger charge is -2.34. The Morgan fingerprint density at radius 1 is 1.56 bits per heavy atom. The van der Waals surface area contributed by atoms with Gasteiger partial charge in [0.2, 0.25) is 0 Å². The van der Waals surface area contributed by atoms with Gasteiger partial charge in [0.05, 0.1) is 11.0 Å². The number of amides is 1. The molecule has 4 nitrogen and oxygen atoms in total. The zero-order valence-corrected chi connectivity index (χ0v) is 12.2. The molecule has 1 atom stereocenters. The summed E-state index contributed by atoms with van der Waals surface area (Å²) in [6, 6.07) is 3.44. The van der Waals surface area contributed by atoms with Gasteiger partial charge in [0.15, 0.2) is 0 Å². The summed E-state index contributed by atoms with van der Waals surface area (Å²) in [6.07, 6.45) is 4.48. The van der Waals surface area contributed by atoms with Gasteiger partial charge in [0.25, 0.3) is 5.91 Å². The van der Waals surface area contributed by atoms with Crippen molar-refractivity contribution in [3.63, 3.8) is 0 Å². The Balaban J connectivity index is 2.27. The number of nitrogens with zero attached hydrogens (tertiary/aromatic N) is 2. The third-order valence-corrected chi connectivity index (χ3v) is 3.97. The first-order chi connectivity index (χ1) is 8.61. The van der Waals surface area contributed by atoms with E-state index in [0.717, 1.165) is 19.3 Å². The molecular formula is C12H14BrN3OS. The van der Waals surface area contributed by atoms with Gasteiger partial charge in [-0.05, 0) is 47.3 Å². The molecule has 1 fully saturated rings. The van der Waals surface area contributed by atoms with Gasteiger partial charge >= 0.3 is 0 Å². The van der Waals surface area contributed by atoms with Crippen LogP contribution in [0.3, 0.4) is 0 Å². The van der Waals surface area contributed by atoms with E-state index in [4.69, 9.17) is 18.0 Å². The average molecular weight is 328 g/mol. The van der Waals surface area contributed by atoms with E-state index in [2.05, 4.69) is 20.9 Å². The van der Waals surface area contributed by atoms with Crippen LogP contribution in [0.2, 0.25) is 0 Å². The fourth-order valence-corrected chi connectivity index (χ4v) is 2.82. The molecule has 0 radical (unpaired) electrons. The third kappa shape index (κ3) is 2.70. The average Bonchev–Trinajstić information content (AvgIpc) is 2.38. The lowest BCUT2D eigenvalue weighted by atomic mass is 10.0. The van der Waals surface area contributed by atoms with Crippen molar-refractivity contribution < 1.29 is 4.79 Å². The monoisotopic (exact) mass is 327 g/mol. The summed E-state index contributed by atoms with van der Waals surface area (Å²) in [5.41, 5.74) is 6.13. The molecule has 0 spiro atoms. The van der Waals surface area contributed by atoms with Gasteiger partial charge in [-0.2, -0.15) is 0 Å². The Morgan fingerprint density at radius 3 is 3.00 bits per heavy atom. The number of carbonyl (C=O) groups is 1. The molecule has 96 valence electrons. The highest BCUT2D eigenvalue weighted by Gasteiger charge is 2.30. The number of hydrogen-bond acceptors (Lipinski definition) is 3. The van der Waals surface area contributed by atoms with E-state index in [-0.39, 0.29) is 11.9 Å². The van der Waals surface area contributed by atoms with Crippen LogP contribution in [0.5, 0.6) is 0 Å². The molecule has 1 aromatic rings. The summed E-state index contributed by atoms with van der Waals surface area (Å²) >= 11 is 8.39. The maximum atomic E-state index is 12.5. The first-order valence-corrected chi connectivity index (χ1v) is 7.02. The van der Waals surface area contributed by atoms with Crippen LogP contribution in [0.1, 0.15) is 29.8 Å². The van der Waals surface area contributed by atoms with Gasteiger partial charge in [-0.25, -0.2) is 4.98 Å². The minimum absolute atomic E-state index is 0.111. The second kappa shape index (κ2) is 5.75. The number of likely N-dealkylation sites (tertiary alicyclic amines) is 1. The molecule has 1 aliphatic rings. The second-order valence-electron chi connectivity index (χ2n) is 4.25. The normalized spacial score (nSPS) is 19.6. The van der Waals surface area contributed by atoms with Gasteiger partial charge in [-0.1, -0.05) is 12.2 Å². The van der Waals surface area contributed by atoms with E-state index in [1.165, 1.54) is 0 Å². The number of nitrogens with two attached hydrogens (primary N) is 1. The number of pyridine rings is 1. The van der Waals surface area contributed by atoms with E-state index < -0.39 is 0 Å². The summed E-state index contributed by atoms with van der Waals surface area (Å²) < 4.78 is 0.697. The van der Waals surface area contributed by atoms with Crippen molar-refractivity contribution in [2.45, 2.75) is 25.3 Å². The Bertz CT molecular complexity index is 480. The Morgan fingerprint density at radius 2 is 2.33 bits per heavy atom. The SMILES string of the molecule is NC(=S)C1CCCCN1C(=O)c1ncccc1Br. The van der Waals surface area contributed by atoms with Crippen molar-refractivity contribution in [1.82, 2.24) is 9.88 Å². The van der Waals surface area contributed by atoms with Crippen LogP contribution in [-0.4, -0.2) is 33.4 Å². The maximum Gasteiger partial charge on any atom is 0.274 e. The summed E-state index contributed by atoms with van der Waals surface area (Å²) in [5.74, 6) is -0.111. The van der Waals surface area contributed by atoms with Crippen LogP contribution in [-0.2, 0) is 0 Å². The number of piperidine rings is 1. The van der Waals surface area contributed by atoms with Crippen molar-refractivity contribution in [2.75, 3.05) is 6.54 Å². The van der Waals surface area contributed by atoms with E-state index in [1.54, 1.807) is 23.2 Å². The fourth-order valence-electron chi connectivity index (χ4n) is 2.15. The topological polar surface area (TPSA) is 59.2 Å². The highest BCUT2D eigenvalue weighted by Crippen LogP contribution is 2.22. The number of hydrogen-bond donors (Lipinski definition) is 1. The lowest BCUT2D eigenvalue weighted by Crippen LogP contribution is -2.50. The summed E-state index contributed by atoms with van der Waals surface area (Å²) in [6.45, 7) is 0.684. The van der Waals surface area contributed by atoms with Crippen LogP contribution in [0, 0.1) is 0 Å². The van der Waals surface area contributed by atoms with Crippen molar-refractivity contribution in [2.24, 2.45) is 5.73 Å². The van der Waals surface area contributed by atoms with Crippen molar-refractivity contribution in [3.8, 4) is 0 Å². The largest absolute Gasteiger partial charge is 0.392 e. The van der Waals surface area contributed by atoms with Crippen molar-refractivity contribution >= 4 is 39.0 Å². The molecular weight excluding hydrogens is 314 g/mol. The van der Waals surface area contributed by atoms with E-state index in [9.17, 15) is 4.79 Å². The summed E-state index contributed by atoms with van der Waals surface area (Å²) in [7, 11) is 0. The Hall–Kier alpha value is -1.01. The van der Waals surface area contributed by atoms with Crippen LogP contribution in [0.15, 0.2) is 22.8 Å². The number of carbonyl (C=O) groups excluding carboxylic acids is 1. The van der Waals surface area contributed by atoms with Crippen LogP contribution in [0.25, 0.3) is 0 Å².